The quantitative estimate of drug-likeness (QED) is 0.389. The number of H-pyrrole nitrogens is 2. The van der Waals surface area contributed by atoms with E-state index in [1.54, 1.807) is 12.5 Å². The van der Waals surface area contributed by atoms with Crippen LogP contribution in [0.25, 0.3) is 10.9 Å². The van der Waals surface area contributed by atoms with Crippen LogP contribution in [0.2, 0.25) is 0 Å². The van der Waals surface area contributed by atoms with Gasteiger partial charge in [0.1, 0.15) is 0 Å². The van der Waals surface area contributed by atoms with Gasteiger partial charge in [-0.3, -0.25) is 4.79 Å². The zero-order valence-electron chi connectivity index (χ0n) is 14.6. The number of carboxylic acids is 2. The maximum Gasteiger partial charge on any atom is 0.328 e. The molecular formula is C19H19N3O5. The fourth-order valence-electron chi connectivity index (χ4n) is 2.45. The fourth-order valence-corrected chi connectivity index (χ4v) is 2.45. The first-order valence-corrected chi connectivity index (χ1v) is 8.10. The van der Waals surface area contributed by atoms with Gasteiger partial charge in [-0.25, -0.2) is 14.6 Å². The molecule has 0 radical (unpaired) electrons. The van der Waals surface area contributed by atoms with E-state index in [1.807, 2.05) is 31.2 Å². The van der Waals surface area contributed by atoms with Crippen molar-refractivity contribution >= 4 is 28.6 Å². The van der Waals surface area contributed by atoms with Crippen LogP contribution in [0.3, 0.4) is 0 Å². The van der Waals surface area contributed by atoms with E-state index in [0.29, 0.717) is 25.0 Å². The smallest absolute Gasteiger partial charge is 0.328 e. The van der Waals surface area contributed by atoms with Crippen LogP contribution in [0, 0.1) is 6.92 Å². The summed E-state index contributed by atoms with van der Waals surface area (Å²) in [5.41, 5.74) is 3.77. The summed E-state index contributed by atoms with van der Waals surface area (Å²) in [4.78, 5) is 41.8. The number of imidazole rings is 1. The number of carbonyl (C=O) groups excluding carboxylic acids is 1. The predicted octanol–water partition coefficient (Wildman–Crippen LogP) is 2.73. The molecule has 0 aliphatic heterocycles. The lowest BCUT2D eigenvalue weighted by atomic mass is 10.0. The molecule has 8 nitrogen and oxygen atoms in total. The topological polar surface area (TPSA) is 136 Å². The minimum atomic E-state index is -1.26. The normalized spacial score (nSPS) is 10.6. The number of carbonyl (C=O) groups is 3. The van der Waals surface area contributed by atoms with Gasteiger partial charge in [0.15, 0.2) is 5.78 Å². The number of ketones is 1. The number of nitrogens with zero attached hydrogens (tertiary/aromatic N) is 1. The highest BCUT2D eigenvalue weighted by molar-refractivity contribution is 6.07. The zero-order valence-corrected chi connectivity index (χ0v) is 14.6. The van der Waals surface area contributed by atoms with Crippen molar-refractivity contribution in [1.82, 2.24) is 15.0 Å². The van der Waals surface area contributed by atoms with Crippen LogP contribution < -0.4 is 0 Å². The van der Waals surface area contributed by atoms with Crippen LogP contribution in [0.15, 0.2) is 48.9 Å². The summed E-state index contributed by atoms with van der Waals surface area (Å²) in [6.07, 6.45) is 5.73. The van der Waals surface area contributed by atoms with Gasteiger partial charge in [-0.15, -0.1) is 0 Å². The molecule has 3 rings (SSSR count). The Morgan fingerprint density at radius 2 is 1.74 bits per heavy atom. The minimum Gasteiger partial charge on any atom is -0.478 e. The van der Waals surface area contributed by atoms with E-state index in [4.69, 9.17) is 10.2 Å². The number of hydrogen-bond donors (Lipinski definition) is 4. The molecule has 0 fully saturated rings. The average molecular weight is 369 g/mol. The van der Waals surface area contributed by atoms with E-state index in [9.17, 15) is 14.4 Å². The third kappa shape index (κ3) is 5.67. The molecule has 3 aromatic rings. The number of aromatic amines is 2. The maximum absolute atomic E-state index is 12.3. The summed E-state index contributed by atoms with van der Waals surface area (Å²) in [5.74, 6) is -2.36. The molecule has 0 saturated heterocycles. The number of aryl methyl sites for hydroxylation is 2. The van der Waals surface area contributed by atoms with Gasteiger partial charge in [-0.2, -0.15) is 0 Å². The lowest BCUT2D eigenvalue weighted by Crippen LogP contribution is -2.01. The Balaban J connectivity index is 0.000000279. The SMILES string of the molecule is Cc1[nH]cnc1CCC(=O)c1c[nH]c2ccccc12.O=C(O)C=CC(=O)O. The Morgan fingerprint density at radius 3 is 2.33 bits per heavy atom. The van der Waals surface area contributed by atoms with Gasteiger partial charge >= 0.3 is 11.9 Å². The van der Waals surface area contributed by atoms with Crippen molar-refractivity contribution in [1.29, 1.82) is 0 Å². The highest BCUT2D eigenvalue weighted by Crippen LogP contribution is 2.19. The molecule has 0 aliphatic rings. The molecule has 0 bridgehead atoms. The van der Waals surface area contributed by atoms with Gasteiger partial charge in [0.05, 0.1) is 12.0 Å². The van der Waals surface area contributed by atoms with Crippen molar-refractivity contribution in [2.75, 3.05) is 0 Å². The van der Waals surface area contributed by atoms with Gasteiger partial charge in [0.2, 0.25) is 0 Å². The van der Waals surface area contributed by atoms with Crippen LogP contribution in [-0.2, 0) is 16.0 Å². The summed E-state index contributed by atoms with van der Waals surface area (Å²) in [5, 5.41) is 16.6. The molecule has 0 unspecified atom stereocenters. The van der Waals surface area contributed by atoms with Crippen LogP contribution >= 0.6 is 0 Å². The zero-order chi connectivity index (χ0) is 19.8. The van der Waals surface area contributed by atoms with Crippen LogP contribution in [0.1, 0.15) is 28.2 Å². The molecular weight excluding hydrogens is 350 g/mol. The fraction of sp³-hybridized carbons (Fsp3) is 0.158. The number of benzene rings is 1. The van der Waals surface area contributed by atoms with E-state index in [1.165, 1.54) is 0 Å². The second-order valence-corrected chi connectivity index (χ2v) is 5.66. The summed E-state index contributed by atoms with van der Waals surface area (Å²) in [7, 11) is 0. The van der Waals surface area contributed by atoms with Crippen molar-refractivity contribution in [3.8, 4) is 0 Å². The van der Waals surface area contributed by atoms with E-state index in [2.05, 4.69) is 15.0 Å². The number of para-hydroxylation sites is 1. The molecule has 0 amide bonds. The molecule has 8 heteroatoms. The van der Waals surface area contributed by atoms with E-state index in [-0.39, 0.29) is 5.78 Å². The summed E-state index contributed by atoms with van der Waals surface area (Å²) < 4.78 is 0. The average Bonchev–Trinajstić information content (AvgIpc) is 3.24. The highest BCUT2D eigenvalue weighted by Gasteiger charge is 2.12. The Bertz CT molecular complexity index is 968. The van der Waals surface area contributed by atoms with Gasteiger partial charge in [-0.1, -0.05) is 18.2 Å². The predicted molar refractivity (Wildman–Crippen MR) is 98.7 cm³/mol. The molecule has 2 aromatic heterocycles. The largest absolute Gasteiger partial charge is 0.478 e. The Kier molecular flexibility index (Phi) is 6.65. The first kappa shape index (κ1) is 19.6. The molecule has 4 N–H and O–H groups in total. The minimum absolute atomic E-state index is 0.153. The van der Waals surface area contributed by atoms with Crippen LogP contribution in [-0.4, -0.2) is 42.9 Å². The van der Waals surface area contributed by atoms with Crippen LogP contribution in [0.5, 0.6) is 0 Å². The van der Waals surface area contributed by atoms with E-state index < -0.39 is 11.9 Å². The van der Waals surface area contributed by atoms with Crippen LogP contribution in [0.4, 0.5) is 0 Å². The van der Waals surface area contributed by atoms with Crippen molar-refractivity contribution < 1.29 is 24.6 Å². The highest BCUT2D eigenvalue weighted by atomic mass is 16.4. The molecule has 0 atom stereocenters. The number of nitrogens with one attached hydrogen (secondary N) is 2. The third-order valence-corrected chi connectivity index (χ3v) is 3.78. The lowest BCUT2D eigenvalue weighted by Gasteiger charge is -1.99. The number of rotatable bonds is 6. The molecule has 1 aromatic carbocycles. The van der Waals surface area contributed by atoms with Crippen molar-refractivity contribution in [3.05, 3.63) is 65.9 Å². The third-order valence-electron chi connectivity index (χ3n) is 3.78. The van der Waals surface area contributed by atoms with Crippen molar-refractivity contribution in [2.24, 2.45) is 0 Å². The standard InChI is InChI=1S/C15H15N3O.C4H4O4/c1-10-13(18-9-17-10)6-7-15(19)12-8-16-14-5-3-2-4-11(12)14;5-3(6)1-2-4(7)8/h2-5,8-9,16H,6-7H2,1H3,(H,17,18);1-2H,(H,5,6)(H,7,8). The molecule has 0 saturated carbocycles. The van der Waals surface area contributed by atoms with Gasteiger partial charge in [0, 0.05) is 46.9 Å². The number of aliphatic carboxylic acids is 2. The maximum atomic E-state index is 12.3. The molecule has 0 spiro atoms. The summed E-state index contributed by atoms with van der Waals surface area (Å²) in [6, 6.07) is 7.85. The summed E-state index contributed by atoms with van der Waals surface area (Å²) >= 11 is 0. The number of Topliss-reactive ketones (excluding diaryl/α,β-unsaturated/α-hetero) is 1. The lowest BCUT2D eigenvalue weighted by molar-refractivity contribution is -0.134. The number of fused-ring (bicyclic) bond motifs is 1. The number of carboxylic acid groups (broad SMARTS) is 2. The molecule has 0 aliphatic carbocycles. The second-order valence-electron chi connectivity index (χ2n) is 5.66. The van der Waals surface area contributed by atoms with Crippen molar-refractivity contribution in [2.45, 2.75) is 19.8 Å². The molecule has 27 heavy (non-hydrogen) atoms. The monoisotopic (exact) mass is 369 g/mol. The van der Waals surface area contributed by atoms with E-state index in [0.717, 1.165) is 27.9 Å². The molecule has 140 valence electrons. The number of aromatic nitrogens is 3. The van der Waals surface area contributed by atoms with Gasteiger partial charge < -0.3 is 20.2 Å². The second kappa shape index (κ2) is 9.14. The summed E-state index contributed by atoms with van der Waals surface area (Å²) in [6.45, 7) is 1.97. The van der Waals surface area contributed by atoms with Crippen molar-refractivity contribution in [3.63, 3.8) is 0 Å². The van der Waals surface area contributed by atoms with Gasteiger partial charge in [0.25, 0.3) is 0 Å². The Hall–Kier alpha value is -3.68. The Morgan fingerprint density at radius 1 is 1.07 bits per heavy atom. The van der Waals surface area contributed by atoms with E-state index >= 15 is 0 Å². The van der Waals surface area contributed by atoms with Gasteiger partial charge in [-0.05, 0) is 19.4 Å². The first-order chi connectivity index (χ1) is 12.9. The first-order valence-electron chi connectivity index (χ1n) is 8.10. The number of hydrogen-bond acceptors (Lipinski definition) is 4. The molecule has 2 heterocycles. The Labute approximate surface area is 154 Å².